The summed E-state index contributed by atoms with van der Waals surface area (Å²) >= 11 is 0. The molecule has 2 N–H and O–H groups in total. The number of hydrogen-bond donors (Lipinski definition) is 2. The summed E-state index contributed by atoms with van der Waals surface area (Å²) in [5.74, 6) is 6.21. The first-order chi connectivity index (χ1) is 9.81. The Balaban J connectivity index is 2.03. The van der Waals surface area contributed by atoms with E-state index in [1.807, 2.05) is 48.5 Å². The molecule has 0 bridgehead atoms. The second-order valence-electron chi connectivity index (χ2n) is 4.25. The zero-order valence-electron chi connectivity index (χ0n) is 11.0. The fourth-order valence-electron chi connectivity index (χ4n) is 1.78. The van der Waals surface area contributed by atoms with Crippen LogP contribution in [0.1, 0.15) is 16.7 Å². The van der Waals surface area contributed by atoms with Gasteiger partial charge in [-0.3, -0.25) is 0 Å². The number of aliphatic hydroxyl groups is 2. The minimum Gasteiger partial charge on any atom is -0.489 e. The average Bonchev–Trinajstić information content (AvgIpc) is 2.51. The zero-order chi connectivity index (χ0) is 14.2. The summed E-state index contributed by atoms with van der Waals surface area (Å²) in [5, 5.41) is 17.8. The molecule has 2 aromatic carbocycles. The molecular formula is C17H16O3. The maximum Gasteiger partial charge on any atom is 0.120 e. The van der Waals surface area contributed by atoms with Crippen molar-refractivity contribution in [2.45, 2.75) is 13.2 Å². The average molecular weight is 268 g/mol. The number of ether oxygens (including phenoxy) is 1. The molecule has 0 aromatic heterocycles. The minimum absolute atomic E-state index is 0.00341. The SMILES string of the molecule is OCC#Cc1cccc(COc2cccc(CO)c2)c1. The summed E-state index contributed by atoms with van der Waals surface area (Å²) in [6.45, 7) is 0.293. The largest absolute Gasteiger partial charge is 0.489 e. The van der Waals surface area contributed by atoms with Gasteiger partial charge in [0.25, 0.3) is 0 Å². The van der Waals surface area contributed by atoms with Gasteiger partial charge < -0.3 is 14.9 Å². The van der Waals surface area contributed by atoms with Crippen LogP contribution in [0.25, 0.3) is 0 Å². The predicted molar refractivity (Wildman–Crippen MR) is 77.1 cm³/mol. The van der Waals surface area contributed by atoms with Crippen LogP contribution in [-0.2, 0) is 13.2 Å². The standard InChI is InChI=1S/C17H16O3/c18-9-3-7-14-4-1-6-16(10-14)13-20-17-8-2-5-15(11-17)12-19/h1-2,4-6,8,10-11,18-19H,9,12-13H2. The van der Waals surface area contributed by atoms with E-state index in [0.717, 1.165) is 22.4 Å². The van der Waals surface area contributed by atoms with Crippen molar-refractivity contribution < 1.29 is 14.9 Å². The summed E-state index contributed by atoms with van der Waals surface area (Å²) in [6.07, 6.45) is 0. The molecule has 0 aliphatic carbocycles. The van der Waals surface area contributed by atoms with E-state index >= 15 is 0 Å². The van der Waals surface area contributed by atoms with Crippen molar-refractivity contribution in [3.8, 4) is 17.6 Å². The Hall–Kier alpha value is -2.28. The number of benzene rings is 2. The van der Waals surface area contributed by atoms with Crippen molar-refractivity contribution in [3.63, 3.8) is 0 Å². The van der Waals surface area contributed by atoms with Crippen molar-refractivity contribution in [2.24, 2.45) is 0 Å². The normalized spacial score (nSPS) is 9.70. The van der Waals surface area contributed by atoms with Crippen molar-refractivity contribution in [1.82, 2.24) is 0 Å². The van der Waals surface area contributed by atoms with Gasteiger partial charge in [0.1, 0.15) is 19.0 Å². The molecule has 0 saturated carbocycles. The van der Waals surface area contributed by atoms with Crippen LogP contribution in [0.4, 0.5) is 0 Å². The minimum atomic E-state index is -0.144. The Morgan fingerprint density at radius 1 is 0.950 bits per heavy atom. The lowest BCUT2D eigenvalue weighted by Gasteiger charge is -2.07. The fourth-order valence-corrected chi connectivity index (χ4v) is 1.78. The Bertz CT molecular complexity index is 623. The third-order valence-corrected chi connectivity index (χ3v) is 2.73. The Morgan fingerprint density at radius 3 is 2.55 bits per heavy atom. The first kappa shape index (κ1) is 14.1. The van der Waals surface area contributed by atoms with Gasteiger partial charge in [-0.15, -0.1) is 0 Å². The second kappa shape index (κ2) is 7.34. The molecule has 0 aliphatic heterocycles. The van der Waals surface area contributed by atoms with Crippen LogP contribution in [0.15, 0.2) is 48.5 Å². The molecular weight excluding hydrogens is 252 g/mol. The molecule has 0 amide bonds. The molecule has 102 valence electrons. The predicted octanol–water partition coefficient (Wildman–Crippen LogP) is 2.10. The highest BCUT2D eigenvalue weighted by molar-refractivity contribution is 5.37. The van der Waals surface area contributed by atoms with Crippen LogP contribution in [0.5, 0.6) is 5.75 Å². The van der Waals surface area contributed by atoms with E-state index in [4.69, 9.17) is 14.9 Å². The van der Waals surface area contributed by atoms with Crippen molar-refractivity contribution >= 4 is 0 Å². The molecule has 0 unspecified atom stereocenters. The van der Waals surface area contributed by atoms with Crippen LogP contribution >= 0.6 is 0 Å². The topological polar surface area (TPSA) is 49.7 Å². The smallest absolute Gasteiger partial charge is 0.120 e. The van der Waals surface area contributed by atoms with Crippen LogP contribution in [0.3, 0.4) is 0 Å². The monoisotopic (exact) mass is 268 g/mol. The molecule has 0 spiro atoms. The lowest BCUT2D eigenvalue weighted by atomic mass is 10.1. The first-order valence-electron chi connectivity index (χ1n) is 6.33. The van der Waals surface area contributed by atoms with Gasteiger partial charge in [0, 0.05) is 5.56 Å². The van der Waals surface area contributed by atoms with Gasteiger partial charge in [0.15, 0.2) is 0 Å². The van der Waals surface area contributed by atoms with Gasteiger partial charge in [-0.25, -0.2) is 0 Å². The van der Waals surface area contributed by atoms with E-state index in [9.17, 15) is 0 Å². The van der Waals surface area contributed by atoms with Gasteiger partial charge in [-0.05, 0) is 35.4 Å². The quantitative estimate of drug-likeness (QED) is 0.835. The molecule has 0 fully saturated rings. The Kier molecular flexibility index (Phi) is 5.19. The Morgan fingerprint density at radius 2 is 1.75 bits per heavy atom. The molecule has 20 heavy (non-hydrogen) atoms. The summed E-state index contributed by atoms with van der Waals surface area (Å²) in [5.41, 5.74) is 2.68. The molecule has 0 atom stereocenters. The highest BCUT2D eigenvalue weighted by Gasteiger charge is 1.98. The van der Waals surface area contributed by atoms with Crippen molar-refractivity contribution in [3.05, 3.63) is 65.2 Å². The molecule has 0 aliphatic rings. The molecule has 3 heteroatoms. The van der Waals surface area contributed by atoms with E-state index in [2.05, 4.69) is 11.8 Å². The van der Waals surface area contributed by atoms with Gasteiger partial charge in [-0.2, -0.15) is 0 Å². The van der Waals surface area contributed by atoms with E-state index in [1.165, 1.54) is 0 Å². The van der Waals surface area contributed by atoms with Crippen molar-refractivity contribution in [2.75, 3.05) is 6.61 Å². The maximum atomic E-state index is 9.07. The van der Waals surface area contributed by atoms with E-state index < -0.39 is 0 Å². The lowest BCUT2D eigenvalue weighted by molar-refractivity contribution is 0.278. The number of hydrogen-bond acceptors (Lipinski definition) is 3. The summed E-state index contributed by atoms with van der Waals surface area (Å²) < 4.78 is 5.69. The van der Waals surface area contributed by atoms with Gasteiger partial charge >= 0.3 is 0 Å². The fraction of sp³-hybridized carbons (Fsp3) is 0.176. The van der Waals surface area contributed by atoms with Gasteiger partial charge in [0.2, 0.25) is 0 Å². The Labute approximate surface area is 118 Å². The summed E-state index contributed by atoms with van der Waals surface area (Å²) in [6, 6.07) is 15.0. The van der Waals surface area contributed by atoms with E-state index in [-0.39, 0.29) is 13.2 Å². The molecule has 0 radical (unpaired) electrons. The number of aliphatic hydroxyl groups excluding tert-OH is 2. The molecule has 0 heterocycles. The molecule has 2 rings (SSSR count). The number of rotatable bonds is 4. The van der Waals surface area contributed by atoms with Gasteiger partial charge in [-0.1, -0.05) is 36.1 Å². The molecule has 2 aromatic rings. The van der Waals surface area contributed by atoms with Crippen LogP contribution in [0, 0.1) is 11.8 Å². The van der Waals surface area contributed by atoms with Crippen LogP contribution in [0.2, 0.25) is 0 Å². The van der Waals surface area contributed by atoms with E-state index in [0.29, 0.717) is 6.61 Å². The summed E-state index contributed by atoms with van der Waals surface area (Å²) in [4.78, 5) is 0. The molecule has 0 saturated heterocycles. The first-order valence-corrected chi connectivity index (χ1v) is 6.33. The maximum absolute atomic E-state index is 9.07. The van der Waals surface area contributed by atoms with Crippen LogP contribution in [-0.4, -0.2) is 16.8 Å². The second-order valence-corrected chi connectivity index (χ2v) is 4.25. The third kappa shape index (κ3) is 4.13. The molecule has 3 nitrogen and oxygen atoms in total. The summed E-state index contributed by atoms with van der Waals surface area (Å²) in [7, 11) is 0. The third-order valence-electron chi connectivity index (χ3n) is 2.73. The van der Waals surface area contributed by atoms with Crippen LogP contribution < -0.4 is 4.74 Å². The van der Waals surface area contributed by atoms with Gasteiger partial charge in [0.05, 0.1) is 6.61 Å². The zero-order valence-corrected chi connectivity index (χ0v) is 11.0. The highest BCUT2D eigenvalue weighted by Crippen LogP contribution is 2.15. The lowest BCUT2D eigenvalue weighted by Crippen LogP contribution is -1.96. The highest BCUT2D eigenvalue weighted by atomic mass is 16.5. The van der Waals surface area contributed by atoms with E-state index in [1.54, 1.807) is 0 Å². The van der Waals surface area contributed by atoms with Crippen molar-refractivity contribution in [1.29, 1.82) is 0 Å².